The monoisotopic (exact) mass is 461 g/mol. The van der Waals surface area contributed by atoms with Crippen LogP contribution in [-0.4, -0.2) is 25.9 Å². The Morgan fingerprint density at radius 1 is 1.06 bits per heavy atom. The molecule has 0 aliphatic rings. The Morgan fingerprint density at radius 3 is 2.59 bits per heavy atom. The summed E-state index contributed by atoms with van der Waals surface area (Å²) >= 11 is 0. The molecule has 0 aliphatic carbocycles. The molecule has 0 saturated heterocycles. The van der Waals surface area contributed by atoms with E-state index in [4.69, 9.17) is 4.74 Å². The molecule has 168 valence electrons. The average molecular weight is 461 g/mol. The molecule has 0 aliphatic heterocycles. The Kier molecular flexibility index (Phi) is 7.37. The molecule has 0 spiro atoms. The number of amides is 1. The minimum Gasteiger partial charge on any atom is -0.492 e. The Labute approximate surface area is 184 Å². The number of hydrogen-bond acceptors (Lipinski definition) is 5. The highest BCUT2D eigenvalue weighted by Gasteiger charge is 2.18. The van der Waals surface area contributed by atoms with Gasteiger partial charge in [0.25, 0.3) is 5.91 Å². The molecular formula is C22H21F2N3O4S. The summed E-state index contributed by atoms with van der Waals surface area (Å²) in [7, 11) is -3.87. The molecule has 3 rings (SSSR count). The topological polar surface area (TPSA) is 97.4 Å². The van der Waals surface area contributed by atoms with Gasteiger partial charge in [-0.05, 0) is 36.2 Å². The van der Waals surface area contributed by atoms with E-state index in [2.05, 4.69) is 15.0 Å². The van der Waals surface area contributed by atoms with Crippen LogP contribution >= 0.6 is 0 Å². The number of benzene rings is 2. The zero-order valence-corrected chi connectivity index (χ0v) is 18.0. The van der Waals surface area contributed by atoms with Gasteiger partial charge < -0.3 is 10.1 Å². The molecule has 0 atom stereocenters. The first-order valence-corrected chi connectivity index (χ1v) is 11.3. The van der Waals surface area contributed by atoms with E-state index in [1.165, 1.54) is 36.7 Å². The van der Waals surface area contributed by atoms with Gasteiger partial charge in [0.05, 0.1) is 30.4 Å². The van der Waals surface area contributed by atoms with Crippen LogP contribution < -0.4 is 14.8 Å². The lowest BCUT2D eigenvalue weighted by molar-refractivity contribution is 0.0950. The number of halogens is 2. The number of rotatable bonds is 9. The molecule has 1 amide bonds. The number of anilines is 1. The van der Waals surface area contributed by atoms with Gasteiger partial charge in [-0.2, -0.15) is 0 Å². The number of carbonyl (C=O) groups is 1. The zero-order valence-electron chi connectivity index (χ0n) is 17.1. The Balaban J connectivity index is 1.71. The molecule has 0 saturated carbocycles. The van der Waals surface area contributed by atoms with Gasteiger partial charge in [0.1, 0.15) is 5.75 Å². The quantitative estimate of drug-likeness (QED) is 0.507. The van der Waals surface area contributed by atoms with Gasteiger partial charge in [0, 0.05) is 18.2 Å². The van der Waals surface area contributed by atoms with Crippen LogP contribution in [0.4, 0.5) is 14.5 Å². The van der Waals surface area contributed by atoms with Gasteiger partial charge in [-0.25, -0.2) is 17.2 Å². The maximum atomic E-state index is 13.3. The van der Waals surface area contributed by atoms with E-state index in [-0.39, 0.29) is 23.4 Å². The lowest BCUT2D eigenvalue weighted by atomic mass is 10.1. The molecule has 0 unspecified atom stereocenters. The summed E-state index contributed by atoms with van der Waals surface area (Å²) in [6.45, 7) is 2.15. The summed E-state index contributed by atoms with van der Waals surface area (Å²) in [5, 5.41) is 2.59. The Hall–Kier alpha value is -3.53. The third kappa shape index (κ3) is 6.24. The molecule has 2 aromatic carbocycles. The summed E-state index contributed by atoms with van der Waals surface area (Å²) in [5.74, 6) is -2.58. The maximum Gasteiger partial charge on any atom is 0.251 e. The largest absolute Gasteiger partial charge is 0.492 e. The normalized spacial score (nSPS) is 11.1. The van der Waals surface area contributed by atoms with E-state index in [9.17, 15) is 22.0 Å². The lowest BCUT2D eigenvalue weighted by Crippen LogP contribution is -2.25. The van der Waals surface area contributed by atoms with Crippen molar-refractivity contribution in [3.8, 4) is 5.75 Å². The molecule has 2 N–H and O–H groups in total. The summed E-state index contributed by atoms with van der Waals surface area (Å²) in [6.07, 6.45) is 2.81. The predicted molar refractivity (Wildman–Crippen MR) is 116 cm³/mol. The molecule has 0 radical (unpaired) electrons. The first-order valence-electron chi connectivity index (χ1n) is 9.66. The molecule has 1 aromatic heterocycles. The van der Waals surface area contributed by atoms with Gasteiger partial charge in [0.15, 0.2) is 11.6 Å². The number of carbonyl (C=O) groups excluding carboxylic acids is 1. The second-order valence-electron chi connectivity index (χ2n) is 6.79. The highest BCUT2D eigenvalue weighted by Crippen LogP contribution is 2.19. The van der Waals surface area contributed by atoms with Crippen LogP contribution in [0, 0.1) is 11.6 Å². The van der Waals surface area contributed by atoms with Crippen molar-refractivity contribution in [3.05, 3.63) is 89.2 Å². The van der Waals surface area contributed by atoms with E-state index in [1.807, 2.05) is 0 Å². The van der Waals surface area contributed by atoms with Gasteiger partial charge in [-0.15, -0.1) is 0 Å². The summed E-state index contributed by atoms with van der Waals surface area (Å²) in [5.41, 5.74) is 1.03. The first-order chi connectivity index (χ1) is 15.3. The molecule has 10 heteroatoms. The highest BCUT2D eigenvalue weighted by atomic mass is 32.2. The summed E-state index contributed by atoms with van der Waals surface area (Å²) in [6, 6.07) is 11.1. The average Bonchev–Trinajstić information content (AvgIpc) is 2.74. The second-order valence-corrected chi connectivity index (χ2v) is 8.51. The van der Waals surface area contributed by atoms with Crippen LogP contribution in [0.15, 0.2) is 60.9 Å². The molecule has 0 bridgehead atoms. The molecule has 32 heavy (non-hydrogen) atoms. The minimum atomic E-state index is -3.87. The zero-order chi connectivity index (χ0) is 23.1. The molecule has 3 aromatic rings. The number of nitrogens with zero attached hydrogens (tertiary/aromatic N) is 1. The highest BCUT2D eigenvalue weighted by molar-refractivity contribution is 7.91. The van der Waals surface area contributed by atoms with Crippen molar-refractivity contribution in [2.45, 2.75) is 19.2 Å². The van der Waals surface area contributed by atoms with Gasteiger partial charge in [-0.3, -0.25) is 14.5 Å². The van der Waals surface area contributed by atoms with Crippen LogP contribution in [0.1, 0.15) is 28.4 Å². The summed E-state index contributed by atoms with van der Waals surface area (Å²) < 4.78 is 59.5. The smallest absolute Gasteiger partial charge is 0.251 e. The third-order valence-electron chi connectivity index (χ3n) is 4.34. The Bertz CT molecular complexity index is 1220. The van der Waals surface area contributed by atoms with Gasteiger partial charge in [0.2, 0.25) is 10.0 Å². The first kappa shape index (κ1) is 23.1. The van der Waals surface area contributed by atoms with Crippen molar-refractivity contribution in [1.29, 1.82) is 0 Å². The van der Waals surface area contributed by atoms with Crippen molar-refractivity contribution in [2.24, 2.45) is 0 Å². The fourth-order valence-electron chi connectivity index (χ4n) is 2.94. The van der Waals surface area contributed by atoms with Crippen molar-refractivity contribution in [1.82, 2.24) is 10.3 Å². The van der Waals surface area contributed by atoms with E-state index < -0.39 is 33.3 Å². The number of sulfonamides is 1. The van der Waals surface area contributed by atoms with Gasteiger partial charge in [-0.1, -0.05) is 24.3 Å². The van der Waals surface area contributed by atoms with E-state index >= 15 is 0 Å². The molecule has 7 nitrogen and oxygen atoms in total. The number of aromatic nitrogens is 1. The second kappa shape index (κ2) is 10.2. The predicted octanol–water partition coefficient (Wildman–Crippen LogP) is 3.63. The Morgan fingerprint density at radius 2 is 1.84 bits per heavy atom. The minimum absolute atomic E-state index is 0.0503. The third-order valence-corrected chi connectivity index (χ3v) is 5.58. The number of ether oxygens (including phenoxy) is 1. The molecule has 0 fully saturated rings. The van der Waals surface area contributed by atoms with Crippen LogP contribution in [0.2, 0.25) is 0 Å². The van der Waals surface area contributed by atoms with Crippen LogP contribution in [0.5, 0.6) is 5.75 Å². The van der Waals surface area contributed by atoms with Crippen molar-refractivity contribution in [3.63, 3.8) is 0 Å². The van der Waals surface area contributed by atoms with Crippen LogP contribution in [-0.2, 0) is 22.3 Å². The molecule has 1 heterocycles. The molecular weight excluding hydrogens is 440 g/mol. The van der Waals surface area contributed by atoms with E-state index in [0.29, 0.717) is 17.9 Å². The van der Waals surface area contributed by atoms with Crippen molar-refractivity contribution in [2.75, 3.05) is 11.3 Å². The van der Waals surface area contributed by atoms with Crippen LogP contribution in [0.3, 0.4) is 0 Å². The lowest BCUT2D eigenvalue weighted by Gasteiger charge is -2.13. The standard InChI is InChI=1S/C22H21F2N3O4S/c1-2-31-18-10-17(12-25-13-18)27-32(29,30)14-16-5-3-4-6-19(16)22(28)26-11-15-7-8-20(23)21(24)9-15/h3-10,12-13,27H,2,11,14H2,1H3,(H,26,28). The fraction of sp³-hybridized carbons (Fsp3) is 0.182. The van der Waals surface area contributed by atoms with Crippen LogP contribution in [0.25, 0.3) is 0 Å². The SMILES string of the molecule is CCOc1cncc(NS(=O)(=O)Cc2ccccc2C(=O)NCc2ccc(F)c(F)c2)c1. The number of hydrogen-bond donors (Lipinski definition) is 2. The van der Waals surface area contributed by atoms with Crippen molar-refractivity contribution >= 4 is 21.6 Å². The number of nitrogens with one attached hydrogen (secondary N) is 2. The fourth-order valence-corrected chi connectivity index (χ4v) is 4.14. The van der Waals surface area contributed by atoms with Crippen molar-refractivity contribution < 1.29 is 26.7 Å². The van der Waals surface area contributed by atoms with E-state index in [0.717, 1.165) is 12.1 Å². The maximum absolute atomic E-state index is 13.3. The van der Waals surface area contributed by atoms with E-state index in [1.54, 1.807) is 19.1 Å². The summed E-state index contributed by atoms with van der Waals surface area (Å²) in [4.78, 5) is 16.6. The number of pyridine rings is 1. The van der Waals surface area contributed by atoms with Gasteiger partial charge >= 0.3 is 0 Å².